The van der Waals surface area contributed by atoms with Crippen LogP contribution in [-0.2, 0) is 0 Å². The summed E-state index contributed by atoms with van der Waals surface area (Å²) >= 11 is 10.6. The molecule has 0 saturated carbocycles. The molecule has 0 unspecified atom stereocenters. The van der Waals surface area contributed by atoms with Gasteiger partial charge >= 0.3 is 0 Å². The number of aromatic nitrogens is 2. The number of rotatable bonds is 2. The number of H-pyrrole nitrogens is 1. The molecule has 0 atom stereocenters. The molecule has 2 aromatic heterocycles. The second kappa shape index (κ2) is 5.63. The van der Waals surface area contributed by atoms with Gasteiger partial charge in [-0.25, -0.2) is 0 Å². The first-order valence-electron chi connectivity index (χ1n) is 5.88. The van der Waals surface area contributed by atoms with E-state index in [0.717, 1.165) is 9.35 Å². The molecule has 0 bridgehead atoms. The molecule has 0 saturated heterocycles. The van der Waals surface area contributed by atoms with Gasteiger partial charge in [0.05, 0.1) is 4.88 Å². The lowest BCUT2D eigenvalue weighted by atomic mass is 10.1. The van der Waals surface area contributed by atoms with Crippen LogP contribution >= 0.6 is 38.9 Å². The van der Waals surface area contributed by atoms with Crippen LogP contribution in [0.4, 0.5) is 0 Å². The summed E-state index contributed by atoms with van der Waals surface area (Å²) in [6.45, 7) is 0. The van der Waals surface area contributed by atoms with Crippen LogP contribution in [0.25, 0.3) is 21.8 Å². The molecule has 106 valence electrons. The molecule has 0 aliphatic heterocycles. The molecule has 2 heterocycles. The molecule has 0 amide bonds. The normalized spacial score (nSPS) is 10.8. The molecule has 1 aromatic carbocycles. The molecule has 0 aliphatic rings. The van der Waals surface area contributed by atoms with Gasteiger partial charge in [-0.05, 0) is 39.7 Å². The van der Waals surface area contributed by atoms with E-state index in [1.54, 1.807) is 24.3 Å². The Balaban J connectivity index is 2.12. The van der Waals surface area contributed by atoms with Gasteiger partial charge in [0.25, 0.3) is 5.56 Å². The van der Waals surface area contributed by atoms with Crippen molar-refractivity contribution in [2.45, 2.75) is 0 Å². The summed E-state index contributed by atoms with van der Waals surface area (Å²) in [5.74, 6) is 0.0338. The van der Waals surface area contributed by atoms with Crippen LogP contribution in [0, 0.1) is 0 Å². The average molecular weight is 384 g/mol. The summed E-state index contributed by atoms with van der Waals surface area (Å²) in [5.41, 5.74) is 0.292. The third-order valence-corrected chi connectivity index (χ3v) is 4.78. The topological polar surface area (TPSA) is 66.0 Å². The minimum Gasteiger partial charge on any atom is -0.493 e. The Kier molecular flexibility index (Phi) is 3.84. The van der Waals surface area contributed by atoms with E-state index in [2.05, 4.69) is 25.9 Å². The molecular weight excluding hydrogens is 376 g/mol. The van der Waals surface area contributed by atoms with Crippen molar-refractivity contribution < 1.29 is 5.11 Å². The predicted octanol–water partition coefficient (Wildman–Crippen LogP) is 4.29. The van der Waals surface area contributed by atoms with Crippen molar-refractivity contribution >= 4 is 38.9 Å². The molecule has 2 N–H and O–H groups in total. The largest absolute Gasteiger partial charge is 0.493 e. The lowest BCUT2D eigenvalue weighted by molar-refractivity contribution is 0.454. The minimum atomic E-state index is -0.399. The average Bonchev–Trinajstić information content (AvgIpc) is 2.87. The fourth-order valence-corrected chi connectivity index (χ4v) is 3.39. The maximum atomic E-state index is 12.2. The third kappa shape index (κ3) is 2.88. The molecule has 0 radical (unpaired) electrons. The smallest absolute Gasteiger partial charge is 0.262 e. The van der Waals surface area contributed by atoms with E-state index in [-0.39, 0.29) is 11.4 Å². The van der Waals surface area contributed by atoms with Crippen molar-refractivity contribution in [3.05, 3.63) is 55.6 Å². The Labute approximate surface area is 137 Å². The molecule has 0 spiro atoms. The van der Waals surface area contributed by atoms with E-state index < -0.39 is 5.56 Å². The van der Waals surface area contributed by atoms with Crippen molar-refractivity contribution in [2.24, 2.45) is 0 Å². The van der Waals surface area contributed by atoms with E-state index in [1.807, 2.05) is 11.4 Å². The van der Waals surface area contributed by atoms with Crippen molar-refractivity contribution in [3.63, 3.8) is 0 Å². The highest BCUT2D eigenvalue weighted by Gasteiger charge is 2.14. The minimum absolute atomic E-state index is 0.131. The zero-order valence-corrected chi connectivity index (χ0v) is 13.6. The zero-order chi connectivity index (χ0) is 15.0. The third-order valence-electron chi connectivity index (χ3n) is 2.83. The molecular formula is C14H8BrClN2O2S. The second-order valence-electron chi connectivity index (χ2n) is 4.25. The van der Waals surface area contributed by atoms with Gasteiger partial charge in [0.1, 0.15) is 5.56 Å². The SMILES string of the molecule is O=c1[nH]c(-c2cc(Br)cs2)nc(O)c1-c1ccc(Cl)cc1. The first-order chi connectivity index (χ1) is 10.0. The number of nitrogens with zero attached hydrogens (tertiary/aromatic N) is 1. The van der Waals surface area contributed by atoms with Gasteiger partial charge in [-0.2, -0.15) is 4.98 Å². The van der Waals surface area contributed by atoms with Crippen LogP contribution in [0.3, 0.4) is 0 Å². The number of nitrogens with one attached hydrogen (secondary N) is 1. The maximum Gasteiger partial charge on any atom is 0.262 e. The van der Waals surface area contributed by atoms with Crippen LogP contribution in [0.5, 0.6) is 5.88 Å². The van der Waals surface area contributed by atoms with E-state index in [1.165, 1.54) is 11.3 Å². The summed E-state index contributed by atoms with van der Waals surface area (Å²) in [6, 6.07) is 8.45. The van der Waals surface area contributed by atoms with Gasteiger partial charge in [-0.1, -0.05) is 23.7 Å². The van der Waals surface area contributed by atoms with Crippen LogP contribution in [-0.4, -0.2) is 15.1 Å². The number of halogens is 2. The van der Waals surface area contributed by atoms with Crippen LogP contribution in [0.2, 0.25) is 5.02 Å². The number of aromatic hydroxyl groups is 1. The zero-order valence-electron chi connectivity index (χ0n) is 10.4. The highest BCUT2D eigenvalue weighted by atomic mass is 79.9. The lowest BCUT2D eigenvalue weighted by Crippen LogP contribution is -2.11. The van der Waals surface area contributed by atoms with Gasteiger partial charge in [-0.3, -0.25) is 4.79 Å². The summed E-state index contributed by atoms with van der Waals surface area (Å²) in [4.78, 5) is 19.8. The first kappa shape index (κ1) is 14.3. The molecule has 3 rings (SSSR count). The van der Waals surface area contributed by atoms with Gasteiger partial charge in [-0.15, -0.1) is 11.3 Å². The lowest BCUT2D eigenvalue weighted by Gasteiger charge is -2.05. The van der Waals surface area contributed by atoms with E-state index in [0.29, 0.717) is 16.4 Å². The summed E-state index contributed by atoms with van der Waals surface area (Å²) in [6.07, 6.45) is 0. The Morgan fingerprint density at radius 3 is 2.57 bits per heavy atom. The van der Waals surface area contributed by atoms with Crippen molar-refractivity contribution in [1.29, 1.82) is 0 Å². The monoisotopic (exact) mass is 382 g/mol. The van der Waals surface area contributed by atoms with Gasteiger partial charge < -0.3 is 10.1 Å². The fraction of sp³-hybridized carbons (Fsp3) is 0. The number of aromatic amines is 1. The summed E-state index contributed by atoms with van der Waals surface area (Å²) in [7, 11) is 0. The quantitative estimate of drug-likeness (QED) is 0.694. The number of benzene rings is 1. The molecule has 7 heteroatoms. The Morgan fingerprint density at radius 1 is 1.29 bits per heavy atom. The molecule has 21 heavy (non-hydrogen) atoms. The van der Waals surface area contributed by atoms with Gasteiger partial charge in [0.2, 0.25) is 5.88 Å². The van der Waals surface area contributed by atoms with E-state index in [9.17, 15) is 9.90 Å². The van der Waals surface area contributed by atoms with Gasteiger partial charge in [0, 0.05) is 14.9 Å². The molecule has 3 aromatic rings. The van der Waals surface area contributed by atoms with Crippen molar-refractivity contribution in [1.82, 2.24) is 9.97 Å². The van der Waals surface area contributed by atoms with E-state index in [4.69, 9.17) is 11.6 Å². The highest BCUT2D eigenvalue weighted by molar-refractivity contribution is 9.10. The predicted molar refractivity (Wildman–Crippen MR) is 88.0 cm³/mol. The highest BCUT2D eigenvalue weighted by Crippen LogP contribution is 2.30. The number of hydrogen-bond acceptors (Lipinski definition) is 4. The van der Waals surface area contributed by atoms with Crippen LogP contribution in [0.1, 0.15) is 0 Å². The summed E-state index contributed by atoms with van der Waals surface area (Å²) in [5, 5.41) is 12.5. The second-order valence-corrected chi connectivity index (χ2v) is 6.51. The van der Waals surface area contributed by atoms with Crippen LogP contribution in [0.15, 0.2) is 45.0 Å². The standard InChI is InChI=1S/C14H8BrClN2O2S/c15-8-5-10(21-6-8)12-17-13(19)11(14(20)18-12)7-1-3-9(16)4-2-7/h1-6H,(H2,17,18,19,20). The summed E-state index contributed by atoms with van der Waals surface area (Å²) < 4.78 is 0.895. The molecule has 0 fully saturated rings. The number of thiophene rings is 1. The van der Waals surface area contributed by atoms with Crippen LogP contribution < -0.4 is 5.56 Å². The van der Waals surface area contributed by atoms with Crippen molar-refractivity contribution in [2.75, 3.05) is 0 Å². The Bertz CT molecular complexity index is 858. The van der Waals surface area contributed by atoms with Gasteiger partial charge in [0.15, 0.2) is 5.82 Å². The van der Waals surface area contributed by atoms with E-state index >= 15 is 0 Å². The Morgan fingerprint density at radius 2 is 2.00 bits per heavy atom. The first-order valence-corrected chi connectivity index (χ1v) is 7.93. The molecule has 0 aliphatic carbocycles. The molecule has 4 nitrogen and oxygen atoms in total. The maximum absolute atomic E-state index is 12.2. The fourth-order valence-electron chi connectivity index (χ4n) is 1.89. The Hall–Kier alpha value is -1.63. The number of hydrogen-bond donors (Lipinski definition) is 2. The van der Waals surface area contributed by atoms with Crippen molar-refractivity contribution in [3.8, 4) is 27.7 Å².